The van der Waals surface area contributed by atoms with E-state index < -0.39 is 63.8 Å². The van der Waals surface area contributed by atoms with Gasteiger partial charge in [-0.15, -0.1) is 0 Å². The van der Waals surface area contributed by atoms with E-state index in [1.54, 1.807) is 0 Å². The highest BCUT2D eigenvalue weighted by Crippen LogP contribution is 2.50. The number of amides is 1. The largest absolute Gasteiger partial charge is 0.506 e. The average molecular weight is 462 g/mol. The molecule has 7 N–H and O–H groups in total. The van der Waals surface area contributed by atoms with E-state index in [1.165, 1.54) is 31.1 Å². The highest BCUT2D eigenvalue weighted by Gasteiger charge is 2.66. The van der Waals surface area contributed by atoms with E-state index in [-0.39, 0.29) is 33.5 Å². The monoisotopic (exact) mass is 461 g/mol. The van der Waals surface area contributed by atoms with Crippen LogP contribution in [0.5, 0.6) is 11.5 Å². The SMILES string of the molecule is CN(C)C1C(=O)C(C(N)=O)C(=O)C2(O)C(=O)c3c(cc4c(Cl)cc(N)c(O)c4c3O)CC12. The van der Waals surface area contributed by atoms with Crippen LogP contribution in [0, 0.1) is 11.8 Å². The molecule has 2 aliphatic carbocycles. The zero-order valence-corrected chi connectivity index (χ0v) is 17.8. The summed E-state index contributed by atoms with van der Waals surface area (Å²) >= 11 is 6.22. The number of aliphatic hydroxyl groups is 1. The van der Waals surface area contributed by atoms with E-state index >= 15 is 0 Å². The first-order valence-electron chi connectivity index (χ1n) is 9.60. The Morgan fingerprint density at radius 3 is 2.38 bits per heavy atom. The van der Waals surface area contributed by atoms with Crippen LogP contribution in [0.15, 0.2) is 12.1 Å². The maximum Gasteiger partial charge on any atom is 0.235 e. The van der Waals surface area contributed by atoms with Gasteiger partial charge in [-0.3, -0.25) is 24.1 Å². The van der Waals surface area contributed by atoms with Gasteiger partial charge < -0.3 is 26.8 Å². The number of carbonyl (C=O) groups is 4. The highest BCUT2D eigenvalue weighted by atomic mass is 35.5. The first-order chi connectivity index (χ1) is 14.8. The fraction of sp³-hybridized carbons (Fsp3) is 0.333. The van der Waals surface area contributed by atoms with Gasteiger partial charge in [-0.05, 0) is 38.2 Å². The van der Waals surface area contributed by atoms with Crippen LogP contribution in [-0.2, 0) is 20.8 Å². The Kier molecular flexibility index (Phi) is 4.74. The van der Waals surface area contributed by atoms with Crippen LogP contribution in [-0.4, -0.2) is 69.2 Å². The Morgan fingerprint density at radius 1 is 1.19 bits per heavy atom. The van der Waals surface area contributed by atoms with Gasteiger partial charge in [0.05, 0.1) is 27.7 Å². The molecule has 0 aliphatic heterocycles. The summed E-state index contributed by atoms with van der Waals surface area (Å²) in [4.78, 5) is 52.9. The Bertz CT molecular complexity index is 1260. The van der Waals surface area contributed by atoms with Crippen molar-refractivity contribution in [2.75, 3.05) is 19.8 Å². The maximum atomic E-state index is 13.5. The van der Waals surface area contributed by atoms with Gasteiger partial charge >= 0.3 is 0 Å². The number of Topliss-reactive ketones (excluding diaryl/α,β-unsaturated/α-hetero) is 3. The number of hydrogen-bond acceptors (Lipinski definition) is 9. The van der Waals surface area contributed by atoms with Crippen LogP contribution in [0.2, 0.25) is 5.02 Å². The maximum absolute atomic E-state index is 13.5. The number of fused-ring (bicyclic) bond motifs is 3. The molecule has 10 nitrogen and oxygen atoms in total. The van der Waals surface area contributed by atoms with E-state index in [9.17, 15) is 34.5 Å². The second-order valence-electron chi connectivity index (χ2n) is 8.39. The molecule has 168 valence electrons. The van der Waals surface area contributed by atoms with Gasteiger partial charge in [0.1, 0.15) is 11.5 Å². The van der Waals surface area contributed by atoms with Crippen molar-refractivity contribution < 1.29 is 34.5 Å². The quantitative estimate of drug-likeness (QED) is 0.228. The van der Waals surface area contributed by atoms with E-state index in [1.807, 2.05) is 0 Å². The molecule has 2 aliphatic rings. The van der Waals surface area contributed by atoms with Crippen molar-refractivity contribution >= 4 is 51.3 Å². The van der Waals surface area contributed by atoms with E-state index in [4.69, 9.17) is 23.1 Å². The number of nitrogens with zero attached hydrogens (tertiary/aromatic N) is 1. The third-order valence-corrected chi connectivity index (χ3v) is 6.73. The van der Waals surface area contributed by atoms with E-state index in [2.05, 4.69) is 0 Å². The molecule has 11 heteroatoms. The summed E-state index contributed by atoms with van der Waals surface area (Å²) in [5.74, 6) is -9.13. The van der Waals surface area contributed by atoms with Crippen molar-refractivity contribution in [3.63, 3.8) is 0 Å². The first-order valence-corrected chi connectivity index (χ1v) is 9.98. The fourth-order valence-corrected chi connectivity index (χ4v) is 5.24. The Balaban J connectivity index is 2.05. The first kappa shape index (κ1) is 22.0. The number of carbonyl (C=O) groups excluding carboxylic acids is 4. The van der Waals surface area contributed by atoms with E-state index in [0.717, 1.165) is 0 Å². The number of aromatic hydroxyl groups is 2. The van der Waals surface area contributed by atoms with Crippen LogP contribution in [0.3, 0.4) is 0 Å². The van der Waals surface area contributed by atoms with Gasteiger partial charge in [-0.25, -0.2) is 0 Å². The number of halogens is 1. The molecular formula is C21H20ClN3O7. The zero-order valence-electron chi connectivity index (χ0n) is 17.0. The molecule has 1 fully saturated rings. The average Bonchev–Trinajstić information content (AvgIpc) is 2.68. The molecule has 0 saturated heterocycles. The summed E-state index contributed by atoms with van der Waals surface area (Å²) in [6, 6.07) is 1.53. The van der Waals surface area contributed by atoms with Gasteiger partial charge in [0, 0.05) is 11.3 Å². The predicted molar refractivity (Wildman–Crippen MR) is 113 cm³/mol. The minimum atomic E-state index is -2.79. The minimum absolute atomic E-state index is 0.0930. The summed E-state index contributed by atoms with van der Waals surface area (Å²) in [7, 11) is 3.01. The lowest BCUT2D eigenvalue weighted by atomic mass is 9.58. The molecule has 32 heavy (non-hydrogen) atoms. The molecular weight excluding hydrogens is 442 g/mol. The second kappa shape index (κ2) is 6.89. The number of nitrogen functional groups attached to an aromatic ring is 1. The third kappa shape index (κ3) is 2.60. The number of nitrogens with two attached hydrogens (primary N) is 2. The number of likely N-dealkylation sites (N-methyl/N-ethyl adjacent to an activating group) is 1. The van der Waals surface area contributed by atoms with Crippen molar-refractivity contribution in [3.05, 3.63) is 28.3 Å². The van der Waals surface area contributed by atoms with Crippen LogP contribution in [0.1, 0.15) is 15.9 Å². The lowest BCUT2D eigenvalue weighted by molar-refractivity contribution is -0.162. The summed E-state index contributed by atoms with van der Waals surface area (Å²) < 4.78 is 0. The minimum Gasteiger partial charge on any atom is -0.506 e. The second-order valence-corrected chi connectivity index (χ2v) is 8.80. The molecule has 1 amide bonds. The molecule has 0 aromatic heterocycles. The molecule has 4 unspecified atom stereocenters. The van der Waals surface area contributed by atoms with Gasteiger partial charge in [-0.1, -0.05) is 11.6 Å². The van der Waals surface area contributed by atoms with Crippen molar-refractivity contribution in [1.29, 1.82) is 0 Å². The molecule has 0 radical (unpaired) electrons. The van der Waals surface area contributed by atoms with Gasteiger partial charge in [0.15, 0.2) is 23.1 Å². The number of primary amides is 1. The summed E-state index contributed by atoms with van der Waals surface area (Å²) in [5.41, 5.74) is 7.81. The highest BCUT2D eigenvalue weighted by molar-refractivity contribution is 6.37. The molecule has 0 heterocycles. The number of benzene rings is 2. The van der Waals surface area contributed by atoms with Crippen LogP contribution in [0.4, 0.5) is 5.69 Å². The van der Waals surface area contributed by atoms with Crippen LogP contribution < -0.4 is 11.5 Å². The Labute approximate surface area is 186 Å². The topological polar surface area (TPSA) is 184 Å². The van der Waals surface area contributed by atoms with Crippen molar-refractivity contribution in [1.82, 2.24) is 4.90 Å². The molecule has 1 saturated carbocycles. The normalized spacial score (nSPS) is 27.5. The molecule has 4 rings (SSSR count). The van der Waals surface area contributed by atoms with Gasteiger partial charge in [0.2, 0.25) is 11.7 Å². The van der Waals surface area contributed by atoms with Gasteiger partial charge in [0.25, 0.3) is 0 Å². The number of rotatable bonds is 2. The van der Waals surface area contributed by atoms with Crippen LogP contribution >= 0.6 is 11.6 Å². The smallest absolute Gasteiger partial charge is 0.235 e. The van der Waals surface area contributed by atoms with E-state index in [0.29, 0.717) is 0 Å². The molecule has 4 atom stereocenters. The number of hydrogen-bond donors (Lipinski definition) is 5. The zero-order chi connectivity index (χ0) is 23.9. The Hall–Kier alpha value is -3.21. The number of phenolic OH excluding ortho intramolecular Hbond substituents is 2. The lowest BCUT2D eigenvalue weighted by Crippen LogP contribution is -2.71. The molecule has 0 spiro atoms. The predicted octanol–water partition coefficient (Wildman–Crippen LogP) is -0.244. The molecule has 2 aromatic carbocycles. The molecule has 2 aromatic rings. The summed E-state index contributed by atoms with van der Waals surface area (Å²) in [6.07, 6.45) is -0.172. The summed E-state index contributed by atoms with van der Waals surface area (Å²) in [6.45, 7) is 0. The fourth-order valence-electron chi connectivity index (χ4n) is 4.97. The summed E-state index contributed by atoms with van der Waals surface area (Å²) in [5, 5.41) is 32.7. The molecule has 0 bridgehead atoms. The Morgan fingerprint density at radius 2 is 1.81 bits per heavy atom. The van der Waals surface area contributed by atoms with Crippen molar-refractivity contribution in [2.24, 2.45) is 17.6 Å². The number of ketones is 3. The third-order valence-electron chi connectivity index (χ3n) is 6.42. The van der Waals surface area contributed by atoms with Crippen LogP contribution in [0.25, 0.3) is 10.8 Å². The van der Waals surface area contributed by atoms with Crippen molar-refractivity contribution in [2.45, 2.75) is 18.1 Å². The van der Waals surface area contributed by atoms with Crippen molar-refractivity contribution in [3.8, 4) is 11.5 Å². The lowest BCUT2D eigenvalue weighted by Gasteiger charge is -2.48. The number of anilines is 1. The number of phenols is 2. The standard InChI is InChI=1S/C21H20ClN3O7/c1-25(2)14-8-4-6-3-7-9(22)5-10(23)15(26)12(7)16(27)11(6)18(29)21(8,32)19(30)13(17(14)28)20(24)31/h3,5,8,13-14,26-27,32H,4,23H2,1-2H3,(H2,24,31). The van der Waals surface area contributed by atoms with Gasteiger partial charge in [-0.2, -0.15) is 0 Å².